The van der Waals surface area contributed by atoms with Crippen LogP contribution in [0.4, 0.5) is 5.82 Å². The number of nitrogen functional groups attached to an aromatic ring is 1. The van der Waals surface area contributed by atoms with Crippen LogP contribution in [0.3, 0.4) is 0 Å². The summed E-state index contributed by atoms with van der Waals surface area (Å²) >= 11 is 0. The van der Waals surface area contributed by atoms with Crippen molar-refractivity contribution in [2.24, 2.45) is 7.05 Å². The zero-order valence-corrected chi connectivity index (χ0v) is 9.17. The molecule has 0 fully saturated rings. The summed E-state index contributed by atoms with van der Waals surface area (Å²) in [7, 11) is 1.86. The topological polar surface area (TPSA) is 74.6 Å². The summed E-state index contributed by atoms with van der Waals surface area (Å²) in [6.07, 6.45) is 4.39. The van der Waals surface area contributed by atoms with Crippen molar-refractivity contribution in [1.82, 2.24) is 24.8 Å². The number of aryl methyl sites for hydroxylation is 2. The van der Waals surface area contributed by atoms with Gasteiger partial charge in [0.05, 0.1) is 5.69 Å². The van der Waals surface area contributed by atoms with Crippen molar-refractivity contribution in [2.75, 3.05) is 5.73 Å². The van der Waals surface area contributed by atoms with Gasteiger partial charge in [-0.1, -0.05) is 11.3 Å². The molecule has 2 heterocycles. The summed E-state index contributed by atoms with van der Waals surface area (Å²) in [5.74, 6) is 0.424. The number of nitrogens with two attached hydrogens (primary N) is 1. The molecule has 2 N–H and O–H groups in total. The Balaban J connectivity index is 2.43. The molecular formula is C10H14N6. The monoisotopic (exact) mass is 218 g/mol. The molecule has 2 aromatic rings. The first-order valence-corrected chi connectivity index (χ1v) is 5.02. The third-order valence-electron chi connectivity index (χ3n) is 2.37. The molecular weight excluding hydrogens is 204 g/mol. The minimum atomic E-state index is 0.424. The predicted molar refractivity (Wildman–Crippen MR) is 61.5 cm³/mol. The third-order valence-corrected chi connectivity index (χ3v) is 2.37. The Hall–Kier alpha value is -2.11. The van der Waals surface area contributed by atoms with Gasteiger partial charge in [-0.25, -0.2) is 4.68 Å². The first-order valence-electron chi connectivity index (χ1n) is 5.02. The van der Waals surface area contributed by atoms with Crippen molar-refractivity contribution >= 4 is 5.82 Å². The highest BCUT2D eigenvalue weighted by Crippen LogP contribution is 2.22. The van der Waals surface area contributed by atoms with E-state index in [9.17, 15) is 0 Å². The van der Waals surface area contributed by atoms with E-state index in [1.54, 1.807) is 15.6 Å². The number of anilines is 1. The molecule has 0 saturated carbocycles. The number of allylic oxidation sites excluding steroid dienone is 1. The summed E-state index contributed by atoms with van der Waals surface area (Å²) in [4.78, 5) is 0. The molecule has 0 atom stereocenters. The number of hydrogen-bond acceptors (Lipinski definition) is 4. The van der Waals surface area contributed by atoms with Crippen molar-refractivity contribution in [3.05, 3.63) is 24.9 Å². The normalized spacial score (nSPS) is 10.6. The van der Waals surface area contributed by atoms with Gasteiger partial charge >= 0.3 is 0 Å². The fraction of sp³-hybridized carbons (Fsp3) is 0.300. The molecule has 2 aromatic heterocycles. The smallest absolute Gasteiger partial charge is 0.175 e. The van der Waals surface area contributed by atoms with Crippen molar-refractivity contribution in [2.45, 2.75) is 13.0 Å². The Morgan fingerprint density at radius 3 is 3.00 bits per heavy atom. The molecule has 0 spiro atoms. The van der Waals surface area contributed by atoms with E-state index in [4.69, 9.17) is 5.73 Å². The Bertz CT molecular complexity index is 495. The maximum Gasteiger partial charge on any atom is 0.175 e. The zero-order chi connectivity index (χ0) is 11.5. The second kappa shape index (κ2) is 4.18. The van der Waals surface area contributed by atoms with Crippen LogP contribution in [0.1, 0.15) is 6.42 Å². The van der Waals surface area contributed by atoms with Crippen LogP contribution in [0.15, 0.2) is 24.9 Å². The van der Waals surface area contributed by atoms with Crippen LogP contribution < -0.4 is 5.73 Å². The van der Waals surface area contributed by atoms with Crippen molar-refractivity contribution in [3.63, 3.8) is 0 Å². The van der Waals surface area contributed by atoms with Gasteiger partial charge in [-0.3, -0.25) is 4.68 Å². The van der Waals surface area contributed by atoms with Crippen molar-refractivity contribution in [1.29, 1.82) is 0 Å². The molecule has 0 aliphatic rings. The van der Waals surface area contributed by atoms with E-state index in [2.05, 4.69) is 22.0 Å². The van der Waals surface area contributed by atoms with Crippen LogP contribution in [0.5, 0.6) is 0 Å². The van der Waals surface area contributed by atoms with Crippen LogP contribution in [-0.2, 0) is 13.6 Å². The van der Waals surface area contributed by atoms with Gasteiger partial charge in [0.15, 0.2) is 5.82 Å². The van der Waals surface area contributed by atoms with Gasteiger partial charge in [0.25, 0.3) is 0 Å². The quantitative estimate of drug-likeness (QED) is 0.771. The van der Waals surface area contributed by atoms with Gasteiger partial charge in [-0.15, -0.1) is 11.7 Å². The number of aromatic nitrogens is 5. The van der Waals surface area contributed by atoms with Crippen LogP contribution in [-0.4, -0.2) is 24.8 Å². The van der Waals surface area contributed by atoms with Gasteiger partial charge < -0.3 is 5.73 Å². The van der Waals surface area contributed by atoms with Crippen molar-refractivity contribution < 1.29 is 0 Å². The molecule has 6 heteroatoms. The second-order valence-electron chi connectivity index (χ2n) is 3.46. The fourth-order valence-electron chi connectivity index (χ4n) is 1.57. The number of nitrogens with zero attached hydrogens (tertiary/aromatic N) is 5. The van der Waals surface area contributed by atoms with E-state index >= 15 is 0 Å². The maximum atomic E-state index is 5.81. The lowest BCUT2D eigenvalue weighted by atomic mass is 10.3. The van der Waals surface area contributed by atoms with Gasteiger partial charge in [-0.2, -0.15) is 5.10 Å². The Labute approximate surface area is 93.4 Å². The SMILES string of the molecule is C=CCCn1nnc(N)c1-c1ccnn1C. The molecule has 2 rings (SSSR count). The van der Waals surface area contributed by atoms with E-state index in [0.29, 0.717) is 12.4 Å². The lowest BCUT2D eigenvalue weighted by Crippen LogP contribution is -2.05. The van der Waals surface area contributed by atoms with E-state index < -0.39 is 0 Å². The first-order chi connectivity index (χ1) is 7.74. The summed E-state index contributed by atoms with van der Waals surface area (Å²) in [5.41, 5.74) is 7.53. The molecule has 0 aromatic carbocycles. The average molecular weight is 218 g/mol. The average Bonchev–Trinajstić information content (AvgIpc) is 2.82. The first kappa shape index (κ1) is 10.4. The predicted octanol–water partition coefficient (Wildman–Crippen LogP) is 0.837. The Morgan fingerprint density at radius 1 is 1.56 bits per heavy atom. The lowest BCUT2D eigenvalue weighted by molar-refractivity contribution is 0.598. The number of rotatable bonds is 4. The van der Waals surface area contributed by atoms with Crippen LogP contribution in [0.25, 0.3) is 11.4 Å². The molecule has 0 aliphatic carbocycles. The highest BCUT2D eigenvalue weighted by atomic mass is 15.5. The molecule has 0 unspecified atom stereocenters. The second-order valence-corrected chi connectivity index (χ2v) is 3.46. The molecule has 0 saturated heterocycles. The van der Waals surface area contributed by atoms with Gasteiger partial charge in [0.2, 0.25) is 0 Å². The van der Waals surface area contributed by atoms with E-state index in [1.165, 1.54) is 0 Å². The third kappa shape index (κ3) is 1.69. The van der Waals surface area contributed by atoms with Gasteiger partial charge in [0, 0.05) is 19.8 Å². The van der Waals surface area contributed by atoms with Crippen LogP contribution >= 0.6 is 0 Å². The Kier molecular flexibility index (Phi) is 2.72. The minimum absolute atomic E-state index is 0.424. The van der Waals surface area contributed by atoms with E-state index in [1.807, 2.05) is 19.2 Å². The molecule has 0 radical (unpaired) electrons. The molecule has 0 aliphatic heterocycles. The zero-order valence-electron chi connectivity index (χ0n) is 9.17. The fourth-order valence-corrected chi connectivity index (χ4v) is 1.57. The van der Waals surface area contributed by atoms with Crippen LogP contribution in [0.2, 0.25) is 0 Å². The summed E-state index contributed by atoms with van der Waals surface area (Å²) in [5, 5.41) is 12.0. The van der Waals surface area contributed by atoms with Crippen molar-refractivity contribution in [3.8, 4) is 11.4 Å². The highest BCUT2D eigenvalue weighted by molar-refractivity contribution is 5.66. The summed E-state index contributed by atoms with van der Waals surface area (Å²) < 4.78 is 3.52. The Morgan fingerprint density at radius 2 is 2.38 bits per heavy atom. The lowest BCUT2D eigenvalue weighted by Gasteiger charge is -2.05. The minimum Gasteiger partial charge on any atom is -0.380 e. The van der Waals surface area contributed by atoms with E-state index in [-0.39, 0.29) is 0 Å². The molecule has 6 nitrogen and oxygen atoms in total. The standard InChI is InChI=1S/C10H14N6/c1-3-4-7-16-9(10(11)13-14-16)8-5-6-12-15(8)2/h3,5-6H,1,4,7,11H2,2H3. The highest BCUT2D eigenvalue weighted by Gasteiger charge is 2.14. The maximum absolute atomic E-state index is 5.81. The molecule has 16 heavy (non-hydrogen) atoms. The summed E-state index contributed by atoms with van der Waals surface area (Å²) in [6.45, 7) is 4.40. The van der Waals surface area contributed by atoms with Gasteiger partial charge in [0.1, 0.15) is 5.69 Å². The van der Waals surface area contributed by atoms with Crippen LogP contribution in [0, 0.1) is 0 Å². The van der Waals surface area contributed by atoms with E-state index in [0.717, 1.165) is 17.8 Å². The summed E-state index contributed by atoms with van der Waals surface area (Å²) in [6, 6.07) is 1.89. The molecule has 84 valence electrons. The molecule has 0 amide bonds. The number of hydrogen-bond donors (Lipinski definition) is 1. The molecule has 0 bridgehead atoms. The van der Waals surface area contributed by atoms with Gasteiger partial charge in [-0.05, 0) is 12.5 Å². The largest absolute Gasteiger partial charge is 0.380 e.